The van der Waals surface area contributed by atoms with Crippen molar-refractivity contribution in [2.45, 2.75) is 19.8 Å². The van der Waals surface area contributed by atoms with Gasteiger partial charge in [0.15, 0.2) is 6.61 Å². The number of nitrogens with zero attached hydrogens (tertiary/aromatic N) is 1. The summed E-state index contributed by atoms with van der Waals surface area (Å²) in [6, 6.07) is 11.3. The minimum atomic E-state index is -0.541. The molecule has 5 nitrogen and oxygen atoms in total. The molecule has 1 saturated heterocycles. The van der Waals surface area contributed by atoms with Crippen molar-refractivity contribution in [1.82, 2.24) is 4.90 Å². The highest BCUT2D eigenvalue weighted by atomic mass is 16.5. The van der Waals surface area contributed by atoms with Crippen molar-refractivity contribution in [3.8, 4) is 5.75 Å². The molecule has 5 heteroatoms. The molecule has 1 heterocycles. The molecule has 1 amide bonds. The number of carbonyl (C=O) groups is 2. The van der Waals surface area contributed by atoms with E-state index in [9.17, 15) is 9.59 Å². The average Bonchev–Trinajstić information content (AvgIpc) is 2.64. The first-order valence-corrected chi connectivity index (χ1v) is 8.60. The van der Waals surface area contributed by atoms with Gasteiger partial charge in [-0.2, -0.15) is 0 Å². The van der Waals surface area contributed by atoms with E-state index in [1.807, 2.05) is 24.3 Å². The second-order valence-corrected chi connectivity index (χ2v) is 6.56. The van der Waals surface area contributed by atoms with Crippen molar-refractivity contribution < 1.29 is 19.1 Å². The Labute approximate surface area is 147 Å². The zero-order chi connectivity index (χ0) is 17.8. The molecule has 2 aromatic rings. The minimum absolute atomic E-state index is 0.139. The molecule has 0 aromatic heterocycles. The van der Waals surface area contributed by atoms with Crippen LogP contribution in [0.4, 0.5) is 0 Å². The number of ether oxygens (including phenoxy) is 2. The lowest BCUT2D eigenvalue weighted by atomic mass is 10.0. The van der Waals surface area contributed by atoms with Gasteiger partial charge in [-0.1, -0.05) is 31.2 Å². The molecule has 25 heavy (non-hydrogen) atoms. The summed E-state index contributed by atoms with van der Waals surface area (Å²) in [5.41, 5.74) is 0.334. The Bertz CT molecular complexity index is 786. The van der Waals surface area contributed by atoms with Crippen LogP contribution >= 0.6 is 0 Å². The van der Waals surface area contributed by atoms with Crippen LogP contribution in [0.15, 0.2) is 36.4 Å². The molecule has 0 N–H and O–H groups in total. The summed E-state index contributed by atoms with van der Waals surface area (Å²) in [4.78, 5) is 26.5. The van der Waals surface area contributed by atoms with Crippen LogP contribution in [0, 0.1) is 5.92 Å². The smallest absolute Gasteiger partial charge is 0.342 e. The number of esters is 1. The quantitative estimate of drug-likeness (QED) is 0.801. The number of carbonyl (C=O) groups excluding carboxylic acids is 2. The standard InChI is InChI=1S/C20H23NO4/c1-14-6-5-9-21(12-14)19(22)13-25-20(23)17-10-15-7-3-4-8-16(15)11-18(17)24-2/h3-4,7-8,10-11,14H,5-6,9,12-13H2,1-2H3/t14-/m1/s1. The fraction of sp³-hybridized carbons (Fsp3) is 0.400. The van der Waals surface area contributed by atoms with E-state index < -0.39 is 5.97 Å². The van der Waals surface area contributed by atoms with E-state index in [0.717, 1.165) is 36.7 Å². The van der Waals surface area contributed by atoms with Gasteiger partial charge in [-0.3, -0.25) is 4.79 Å². The Balaban J connectivity index is 1.70. The lowest BCUT2D eigenvalue weighted by Crippen LogP contribution is -2.41. The van der Waals surface area contributed by atoms with E-state index in [1.165, 1.54) is 7.11 Å². The average molecular weight is 341 g/mol. The monoisotopic (exact) mass is 341 g/mol. The fourth-order valence-electron chi connectivity index (χ4n) is 3.26. The van der Waals surface area contributed by atoms with Gasteiger partial charge in [0.05, 0.1) is 7.11 Å². The lowest BCUT2D eigenvalue weighted by Gasteiger charge is -2.30. The number of hydrogen-bond acceptors (Lipinski definition) is 4. The van der Waals surface area contributed by atoms with Crippen LogP contribution in [0.3, 0.4) is 0 Å². The molecule has 132 valence electrons. The second-order valence-electron chi connectivity index (χ2n) is 6.56. The Morgan fingerprint density at radius 2 is 1.92 bits per heavy atom. The predicted molar refractivity (Wildman–Crippen MR) is 95.8 cm³/mol. The van der Waals surface area contributed by atoms with Gasteiger partial charge in [0, 0.05) is 13.1 Å². The third kappa shape index (κ3) is 3.92. The Hall–Kier alpha value is -2.56. The number of benzene rings is 2. The maximum Gasteiger partial charge on any atom is 0.342 e. The summed E-state index contributed by atoms with van der Waals surface area (Å²) in [5.74, 6) is 0.261. The predicted octanol–water partition coefficient (Wildman–Crippen LogP) is 3.26. The van der Waals surface area contributed by atoms with Gasteiger partial charge in [-0.15, -0.1) is 0 Å². The largest absolute Gasteiger partial charge is 0.496 e. The first-order valence-electron chi connectivity index (χ1n) is 8.60. The van der Waals surface area contributed by atoms with E-state index in [4.69, 9.17) is 9.47 Å². The highest BCUT2D eigenvalue weighted by molar-refractivity contribution is 5.99. The minimum Gasteiger partial charge on any atom is -0.496 e. The van der Waals surface area contributed by atoms with Gasteiger partial charge >= 0.3 is 5.97 Å². The second kappa shape index (κ2) is 7.55. The lowest BCUT2D eigenvalue weighted by molar-refractivity contribution is -0.136. The SMILES string of the molecule is COc1cc2ccccc2cc1C(=O)OCC(=O)N1CCC[C@@H](C)C1. The number of rotatable bonds is 4. The summed E-state index contributed by atoms with van der Waals surface area (Å²) in [5, 5.41) is 1.90. The first kappa shape index (κ1) is 17.3. The van der Waals surface area contributed by atoms with Crippen molar-refractivity contribution >= 4 is 22.6 Å². The molecule has 1 atom stereocenters. The summed E-state index contributed by atoms with van der Waals surface area (Å²) >= 11 is 0. The van der Waals surface area contributed by atoms with Gasteiger partial charge in [0.2, 0.25) is 0 Å². The van der Waals surface area contributed by atoms with Crippen molar-refractivity contribution in [2.24, 2.45) is 5.92 Å². The first-order chi connectivity index (χ1) is 12.1. The summed E-state index contributed by atoms with van der Waals surface area (Å²) in [6.45, 7) is 3.36. The number of amides is 1. The number of likely N-dealkylation sites (tertiary alicyclic amines) is 1. The van der Waals surface area contributed by atoms with Gasteiger partial charge in [-0.25, -0.2) is 4.79 Å². The molecular formula is C20H23NO4. The highest BCUT2D eigenvalue weighted by Crippen LogP contribution is 2.26. The molecule has 1 aliphatic heterocycles. The third-order valence-electron chi connectivity index (χ3n) is 4.62. The fourth-order valence-corrected chi connectivity index (χ4v) is 3.26. The van der Waals surface area contributed by atoms with Gasteiger partial charge in [0.1, 0.15) is 11.3 Å². The molecule has 0 saturated carbocycles. The van der Waals surface area contributed by atoms with Gasteiger partial charge in [0.25, 0.3) is 5.91 Å². The Kier molecular flexibility index (Phi) is 5.22. The Morgan fingerprint density at radius 1 is 1.20 bits per heavy atom. The van der Waals surface area contributed by atoms with E-state index in [2.05, 4.69) is 6.92 Å². The van der Waals surface area contributed by atoms with E-state index in [-0.39, 0.29) is 12.5 Å². The van der Waals surface area contributed by atoms with Crippen molar-refractivity contribution in [3.05, 3.63) is 42.0 Å². The van der Waals surface area contributed by atoms with Crippen LogP contribution in [0.1, 0.15) is 30.1 Å². The van der Waals surface area contributed by atoms with Crippen LogP contribution in [0.2, 0.25) is 0 Å². The van der Waals surface area contributed by atoms with E-state index in [1.54, 1.807) is 17.0 Å². The van der Waals surface area contributed by atoms with Crippen LogP contribution in [0.5, 0.6) is 5.75 Å². The topological polar surface area (TPSA) is 55.8 Å². The maximum absolute atomic E-state index is 12.4. The van der Waals surface area contributed by atoms with Crippen molar-refractivity contribution in [1.29, 1.82) is 0 Å². The molecule has 0 radical (unpaired) electrons. The zero-order valence-electron chi connectivity index (χ0n) is 14.7. The molecule has 2 aromatic carbocycles. The van der Waals surface area contributed by atoms with Crippen LogP contribution < -0.4 is 4.74 Å². The van der Waals surface area contributed by atoms with Crippen molar-refractivity contribution in [2.75, 3.05) is 26.8 Å². The Morgan fingerprint density at radius 3 is 2.60 bits per heavy atom. The normalized spacial score (nSPS) is 17.4. The summed E-state index contributed by atoms with van der Waals surface area (Å²) in [6.07, 6.45) is 2.14. The van der Waals surface area contributed by atoms with E-state index in [0.29, 0.717) is 17.2 Å². The number of hydrogen-bond donors (Lipinski definition) is 0. The summed E-state index contributed by atoms with van der Waals surface area (Å²) < 4.78 is 10.6. The zero-order valence-corrected chi connectivity index (χ0v) is 14.7. The molecule has 0 aliphatic carbocycles. The molecule has 1 fully saturated rings. The molecule has 3 rings (SSSR count). The third-order valence-corrected chi connectivity index (χ3v) is 4.62. The number of fused-ring (bicyclic) bond motifs is 1. The van der Waals surface area contributed by atoms with E-state index >= 15 is 0 Å². The highest BCUT2D eigenvalue weighted by Gasteiger charge is 2.23. The van der Waals surface area contributed by atoms with Crippen molar-refractivity contribution in [3.63, 3.8) is 0 Å². The molecule has 0 spiro atoms. The molecular weight excluding hydrogens is 318 g/mol. The van der Waals surface area contributed by atoms with Gasteiger partial charge in [-0.05, 0) is 41.7 Å². The van der Waals surface area contributed by atoms with Crippen LogP contribution in [-0.2, 0) is 9.53 Å². The van der Waals surface area contributed by atoms with Crippen LogP contribution in [-0.4, -0.2) is 43.6 Å². The molecule has 0 unspecified atom stereocenters. The van der Waals surface area contributed by atoms with Gasteiger partial charge < -0.3 is 14.4 Å². The summed E-state index contributed by atoms with van der Waals surface area (Å²) in [7, 11) is 1.52. The molecule has 1 aliphatic rings. The molecule has 0 bridgehead atoms. The van der Waals surface area contributed by atoms with Crippen LogP contribution in [0.25, 0.3) is 10.8 Å². The number of methoxy groups -OCH3 is 1. The number of piperidine rings is 1. The maximum atomic E-state index is 12.4.